The van der Waals surface area contributed by atoms with Gasteiger partial charge in [-0.25, -0.2) is 9.97 Å². The Morgan fingerprint density at radius 1 is 1.23 bits per heavy atom. The zero-order valence-electron chi connectivity index (χ0n) is 18.4. The minimum absolute atomic E-state index is 0.0849. The molecule has 1 saturated heterocycles. The molecule has 1 aliphatic heterocycles. The molecule has 7 heteroatoms. The molecule has 0 unspecified atom stereocenters. The Labute approximate surface area is 188 Å². The Balaban J connectivity index is 1.24. The summed E-state index contributed by atoms with van der Waals surface area (Å²) >= 11 is 1.75. The Hall–Kier alpha value is -2.51. The summed E-state index contributed by atoms with van der Waals surface area (Å²) in [7, 11) is 2.09. The standard InChI is InChI=1S/C24H31N5OS/c1-3-20-15-21-22(26-17-27-24(21)31-20)29-12-9-19(10-13-29)23(30)25-11-14-28(2)16-18-7-5-4-6-8-18/h4-8,15,17,19H,3,9-14,16H2,1-2H3,(H,25,30). The first kappa shape index (κ1) is 21.7. The van der Waals surface area contributed by atoms with Gasteiger partial charge in [-0.15, -0.1) is 11.3 Å². The molecule has 164 valence electrons. The molecule has 0 atom stereocenters. The maximum atomic E-state index is 12.7. The van der Waals surface area contributed by atoms with Crippen LogP contribution in [0.25, 0.3) is 10.2 Å². The molecule has 2 aromatic heterocycles. The highest BCUT2D eigenvalue weighted by atomic mass is 32.1. The molecule has 4 rings (SSSR count). The highest BCUT2D eigenvalue weighted by Crippen LogP contribution is 2.32. The van der Waals surface area contributed by atoms with Gasteiger partial charge < -0.3 is 15.1 Å². The van der Waals surface area contributed by atoms with Gasteiger partial charge in [-0.2, -0.15) is 0 Å². The SMILES string of the molecule is CCc1cc2c(N3CCC(C(=O)NCCN(C)Cc4ccccc4)CC3)ncnc2s1. The fraction of sp³-hybridized carbons (Fsp3) is 0.458. The van der Waals surface area contributed by atoms with Crippen LogP contribution in [0.2, 0.25) is 0 Å². The Morgan fingerprint density at radius 2 is 2.00 bits per heavy atom. The molecule has 0 aliphatic carbocycles. The van der Waals surface area contributed by atoms with Crippen LogP contribution < -0.4 is 10.2 Å². The number of benzene rings is 1. The quantitative estimate of drug-likeness (QED) is 0.582. The van der Waals surface area contributed by atoms with Gasteiger partial charge in [0.15, 0.2) is 0 Å². The maximum absolute atomic E-state index is 12.7. The third-order valence-electron chi connectivity index (χ3n) is 5.96. The van der Waals surface area contributed by atoms with E-state index in [4.69, 9.17) is 0 Å². The molecule has 1 aliphatic rings. The van der Waals surface area contributed by atoms with Crippen molar-refractivity contribution in [3.63, 3.8) is 0 Å². The van der Waals surface area contributed by atoms with E-state index < -0.39 is 0 Å². The number of rotatable bonds is 8. The number of fused-ring (bicyclic) bond motifs is 1. The van der Waals surface area contributed by atoms with Gasteiger partial charge in [0, 0.05) is 43.5 Å². The van der Waals surface area contributed by atoms with Crippen LogP contribution in [0.1, 0.15) is 30.2 Å². The number of piperidine rings is 1. The van der Waals surface area contributed by atoms with E-state index in [1.165, 1.54) is 10.4 Å². The van der Waals surface area contributed by atoms with Gasteiger partial charge in [-0.3, -0.25) is 4.79 Å². The normalized spacial score (nSPS) is 15.0. The summed E-state index contributed by atoms with van der Waals surface area (Å²) in [6.45, 7) is 6.30. The number of thiophene rings is 1. The van der Waals surface area contributed by atoms with Crippen LogP contribution in [0.15, 0.2) is 42.7 Å². The summed E-state index contributed by atoms with van der Waals surface area (Å²) in [5.74, 6) is 1.29. The Morgan fingerprint density at radius 3 is 2.74 bits per heavy atom. The van der Waals surface area contributed by atoms with E-state index in [1.54, 1.807) is 17.7 Å². The molecule has 0 spiro atoms. The fourth-order valence-electron chi connectivity index (χ4n) is 4.16. The molecule has 1 fully saturated rings. The molecule has 3 aromatic rings. The van der Waals surface area contributed by atoms with Gasteiger partial charge in [0.25, 0.3) is 0 Å². The summed E-state index contributed by atoms with van der Waals surface area (Å²) in [6.07, 6.45) is 4.41. The summed E-state index contributed by atoms with van der Waals surface area (Å²) in [5.41, 5.74) is 1.29. The van der Waals surface area contributed by atoms with E-state index in [2.05, 4.69) is 69.4 Å². The van der Waals surface area contributed by atoms with Gasteiger partial charge in [-0.1, -0.05) is 37.3 Å². The van der Waals surface area contributed by atoms with E-state index in [-0.39, 0.29) is 11.8 Å². The monoisotopic (exact) mass is 437 g/mol. The second kappa shape index (κ2) is 10.2. The predicted molar refractivity (Wildman–Crippen MR) is 128 cm³/mol. The van der Waals surface area contributed by atoms with Gasteiger partial charge in [-0.05, 0) is 37.9 Å². The van der Waals surface area contributed by atoms with Crippen molar-refractivity contribution in [2.75, 3.05) is 38.1 Å². The van der Waals surface area contributed by atoms with Crippen LogP contribution in [0.4, 0.5) is 5.82 Å². The van der Waals surface area contributed by atoms with E-state index in [0.717, 1.165) is 61.5 Å². The van der Waals surface area contributed by atoms with Crippen molar-refractivity contribution < 1.29 is 4.79 Å². The van der Waals surface area contributed by atoms with E-state index in [1.807, 2.05) is 6.07 Å². The first-order valence-corrected chi connectivity index (χ1v) is 11.9. The molecule has 0 bridgehead atoms. The number of carbonyl (C=O) groups is 1. The van der Waals surface area contributed by atoms with Crippen LogP contribution in [0.3, 0.4) is 0 Å². The number of nitrogens with zero attached hydrogens (tertiary/aromatic N) is 4. The highest BCUT2D eigenvalue weighted by molar-refractivity contribution is 7.18. The zero-order chi connectivity index (χ0) is 21.6. The van der Waals surface area contributed by atoms with Gasteiger partial charge in [0.05, 0.1) is 5.39 Å². The third-order valence-corrected chi connectivity index (χ3v) is 7.15. The molecular weight excluding hydrogens is 406 g/mol. The summed E-state index contributed by atoms with van der Waals surface area (Å²) in [4.78, 5) is 28.6. The lowest BCUT2D eigenvalue weighted by Gasteiger charge is -2.32. The van der Waals surface area contributed by atoms with Crippen molar-refractivity contribution in [2.45, 2.75) is 32.7 Å². The molecule has 6 nitrogen and oxygen atoms in total. The lowest BCUT2D eigenvalue weighted by atomic mass is 9.96. The van der Waals surface area contributed by atoms with E-state index in [0.29, 0.717) is 6.54 Å². The summed E-state index contributed by atoms with van der Waals surface area (Å²) in [6, 6.07) is 12.6. The van der Waals surface area contributed by atoms with Crippen LogP contribution in [0, 0.1) is 5.92 Å². The fourth-order valence-corrected chi connectivity index (χ4v) is 5.09. The molecule has 0 saturated carbocycles. The van der Waals surface area contributed by atoms with Crippen molar-refractivity contribution >= 4 is 33.3 Å². The number of aromatic nitrogens is 2. The number of likely N-dealkylation sites (N-methyl/N-ethyl adjacent to an activating group) is 1. The number of amides is 1. The van der Waals surface area contributed by atoms with Crippen LogP contribution in [-0.4, -0.2) is 54.0 Å². The topological polar surface area (TPSA) is 61.4 Å². The van der Waals surface area contributed by atoms with Crippen molar-refractivity contribution in [2.24, 2.45) is 5.92 Å². The number of nitrogens with one attached hydrogen (secondary N) is 1. The average Bonchev–Trinajstić information content (AvgIpc) is 3.23. The number of anilines is 1. The number of carbonyl (C=O) groups excluding carboxylic acids is 1. The third kappa shape index (κ3) is 5.40. The smallest absolute Gasteiger partial charge is 0.223 e. The molecule has 0 radical (unpaired) electrons. The Kier molecular flexibility index (Phi) is 7.14. The number of hydrogen-bond acceptors (Lipinski definition) is 6. The molecular formula is C24H31N5OS. The average molecular weight is 438 g/mol. The predicted octanol–water partition coefficient (Wildman–Crippen LogP) is 3.72. The zero-order valence-corrected chi connectivity index (χ0v) is 19.2. The lowest BCUT2D eigenvalue weighted by molar-refractivity contribution is -0.125. The molecule has 1 amide bonds. The molecule has 1 aromatic carbocycles. The molecule has 3 heterocycles. The van der Waals surface area contributed by atoms with Crippen molar-refractivity contribution in [1.82, 2.24) is 20.2 Å². The summed E-state index contributed by atoms with van der Waals surface area (Å²) in [5, 5.41) is 4.29. The van der Waals surface area contributed by atoms with Crippen molar-refractivity contribution in [1.29, 1.82) is 0 Å². The van der Waals surface area contributed by atoms with E-state index in [9.17, 15) is 4.79 Å². The molecule has 1 N–H and O–H groups in total. The van der Waals surface area contributed by atoms with Gasteiger partial charge in [0.1, 0.15) is 17.0 Å². The minimum Gasteiger partial charge on any atom is -0.356 e. The lowest BCUT2D eigenvalue weighted by Crippen LogP contribution is -2.42. The largest absolute Gasteiger partial charge is 0.356 e. The van der Waals surface area contributed by atoms with Crippen LogP contribution >= 0.6 is 11.3 Å². The first-order chi connectivity index (χ1) is 15.1. The van der Waals surface area contributed by atoms with Crippen molar-refractivity contribution in [3.05, 3.63) is 53.2 Å². The first-order valence-electron chi connectivity index (χ1n) is 11.1. The minimum atomic E-state index is 0.0849. The maximum Gasteiger partial charge on any atom is 0.223 e. The van der Waals surface area contributed by atoms with E-state index >= 15 is 0 Å². The molecule has 31 heavy (non-hydrogen) atoms. The van der Waals surface area contributed by atoms with Gasteiger partial charge in [0.2, 0.25) is 5.91 Å². The number of aryl methyl sites for hydroxylation is 1. The van der Waals surface area contributed by atoms with Crippen LogP contribution in [-0.2, 0) is 17.8 Å². The van der Waals surface area contributed by atoms with Gasteiger partial charge >= 0.3 is 0 Å². The van der Waals surface area contributed by atoms with Crippen LogP contribution in [0.5, 0.6) is 0 Å². The van der Waals surface area contributed by atoms with Crippen molar-refractivity contribution in [3.8, 4) is 0 Å². The Bertz CT molecular complexity index is 998. The number of hydrogen-bond donors (Lipinski definition) is 1. The second-order valence-electron chi connectivity index (χ2n) is 8.26. The second-order valence-corrected chi connectivity index (χ2v) is 9.37. The highest BCUT2D eigenvalue weighted by Gasteiger charge is 2.26. The summed E-state index contributed by atoms with van der Waals surface area (Å²) < 4.78 is 0.